The van der Waals surface area contributed by atoms with Crippen LogP contribution in [0.4, 0.5) is 8.78 Å². The van der Waals surface area contributed by atoms with Crippen molar-refractivity contribution in [2.24, 2.45) is 5.73 Å². The molecular weight excluding hydrogens is 138 g/mol. The topological polar surface area (TPSA) is 41.8 Å². The summed E-state index contributed by atoms with van der Waals surface area (Å²) in [4.78, 5) is 2.61. The van der Waals surface area contributed by atoms with Gasteiger partial charge in [-0.1, -0.05) is 0 Å². The van der Waals surface area contributed by atoms with Crippen LogP contribution in [-0.2, 0) is 0 Å². The van der Waals surface area contributed by atoms with E-state index in [1.165, 1.54) is 6.07 Å². The molecule has 0 aliphatic rings. The Balaban J connectivity index is 2.68. The molecule has 0 aliphatic carbocycles. The third kappa shape index (κ3) is 1.33. The number of nitrogens with two attached hydrogens (primary N) is 1. The lowest BCUT2D eigenvalue weighted by Gasteiger charge is -2.06. The lowest BCUT2D eigenvalue weighted by molar-refractivity contribution is 0.115. The first kappa shape index (κ1) is 7.21. The number of nitrogens with one attached hydrogen (secondary N) is 1. The highest BCUT2D eigenvalue weighted by molar-refractivity contribution is 5.08. The van der Waals surface area contributed by atoms with Crippen LogP contribution < -0.4 is 5.73 Å². The van der Waals surface area contributed by atoms with Gasteiger partial charge in [0.15, 0.2) is 0 Å². The van der Waals surface area contributed by atoms with Gasteiger partial charge in [-0.25, -0.2) is 8.78 Å². The summed E-state index contributed by atoms with van der Waals surface area (Å²) in [6, 6.07) is 1.99. The Labute approximate surface area is 57.0 Å². The number of aromatic nitrogens is 1. The first-order valence-corrected chi connectivity index (χ1v) is 2.89. The zero-order valence-electron chi connectivity index (χ0n) is 5.22. The molecule has 0 bridgehead atoms. The lowest BCUT2D eigenvalue weighted by Crippen LogP contribution is -2.18. The number of rotatable bonds is 2. The van der Waals surface area contributed by atoms with E-state index in [9.17, 15) is 8.78 Å². The number of hydrogen-bond acceptors (Lipinski definition) is 1. The van der Waals surface area contributed by atoms with Crippen LogP contribution in [0.25, 0.3) is 0 Å². The maximum Gasteiger partial charge on any atom is 0.259 e. The van der Waals surface area contributed by atoms with Gasteiger partial charge in [0, 0.05) is 11.9 Å². The van der Waals surface area contributed by atoms with Gasteiger partial charge in [-0.15, -0.1) is 0 Å². The van der Waals surface area contributed by atoms with Crippen LogP contribution in [0.1, 0.15) is 11.7 Å². The largest absolute Gasteiger partial charge is 0.364 e. The number of alkyl halides is 2. The van der Waals surface area contributed by atoms with Gasteiger partial charge in [-0.05, 0) is 12.1 Å². The fourth-order valence-electron chi connectivity index (χ4n) is 0.687. The van der Waals surface area contributed by atoms with Crippen molar-refractivity contribution in [3.63, 3.8) is 0 Å². The standard InChI is InChI=1S/C6H8F2N2/c7-6(8)5(9)4-2-1-3-10-4/h1-3,5-6,10H,9H2. The summed E-state index contributed by atoms with van der Waals surface area (Å²) in [5, 5.41) is 0. The molecule has 0 saturated carbocycles. The molecule has 2 nitrogen and oxygen atoms in total. The number of halogens is 2. The molecule has 0 aliphatic heterocycles. The predicted molar refractivity (Wildman–Crippen MR) is 33.7 cm³/mol. The van der Waals surface area contributed by atoms with E-state index in [2.05, 4.69) is 4.98 Å². The summed E-state index contributed by atoms with van der Waals surface area (Å²) in [6.45, 7) is 0. The van der Waals surface area contributed by atoms with Gasteiger partial charge in [0.25, 0.3) is 6.43 Å². The number of aromatic amines is 1. The Morgan fingerprint density at radius 2 is 2.20 bits per heavy atom. The molecule has 0 spiro atoms. The van der Waals surface area contributed by atoms with Crippen molar-refractivity contribution >= 4 is 0 Å². The Morgan fingerprint density at radius 3 is 2.60 bits per heavy atom. The minimum atomic E-state index is -2.50. The van der Waals surface area contributed by atoms with Gasteiger partial charge in [0.05, 0.1) is 0 Å². The van der Waals surface area contributed by atoms with Crippen LogP contribution in [0.15, 0.2) is 18.3 Å². The Morgan fingerprint density at radius 1 is 1.50 bits per heavy atom. The summed E-state index contributed by atoms with van der Waals surface area (Å²) in [7, 11) is 0. The van der Waals surface area contributed by atoms with Crippen LogP contribution in [0.2, 0.25) is 0 Å². The molecule has 3 N–H and O–H groups in total. The third-order valence-electron chi connectivity index (χ3n) is 1.25. The quantitative estimate of drug-likeness (QED) is 0.648. The molecule has 1 atom stereocenters. The number of H-pyrrole nitrogens is 1. The highest BCUT2D eigenvalue weighted by Gasteiger charge is 2.17. The van der Waals surface area contributed by atoms with E-state index in [1.807, 2.05) is 0 Å². The lowest BCUT2D eigenvalue weighted by atomic mass is 10.2. The third-order valence-corrected chi connectivity index (χ3v) is 1.25. The highest BCUT2D eigenvalue weighted by atomic mass is 19.3. The summed E-state index contributed by atoms with van der Waals surface area (Å²) < 4.78 is 23.7. The fraction of sp³-hybridized carbons (Fsp3) is 0.333. The first-order valence-electron chi connectivity index (χ1n) is 2.89. The van der Waals surface area contributed by atoms with E-state index in [0.717, 1.165) is 0 Å². The Hall–Kier alpha value is -0.900. The van der Waals surface area contributed by atoms with E-state index in [4.69, 9.17) is 5.73 Å². The van der Waals surface area contributed by atoms with Gasteiger partial charge in [0.2, 0.25) is 0 Å². The van der Waals surface area contributed by atoms with Crippen molar-refractivity contribution in [1.29, 1.82) is 0 Å². The smallest absolute Gasteiger partial charge is 0.259 e. The maximum atomic E-state index is 11.8. The van der Waals surface area contributed by atoms with E-state index in [0.29, 0.717) is 5.69 Å². The normalized spacial score (nSPS) is 14.0. The molecule has 1 heterocycles. The van der Waals surface area contributed by atoms with Crippen molar-refractivity contribution in [2.45, 2.75) is 12.5 Å². The zero-order chi connectivity index (χ0) is 7.56. The van der Waals surface area contributed by atoms with Crippen LogP contribution in [-0.4, -0.2) is 11.4 Å². The van der Waals surface area contributed by atoms with Gasteiger partial charge < -0.3 is 10.7 Å². The van der Waals surface area contributed by atoms with Crippen LogP contribution >= 0.6 is 0 Å². The van der Waals surface area contributed by atoms with Crippen molar-refractivity contribution in [1.82, 2.24) is 4.98 Å². The van der Waals surface area contributed by atoms with Crippen molar-refractivity contribution in [3.05, 3.63) is 24.0 Å². The van der Waals surface area contributed by atoms with Gasteiger partial charge in [-0.3, -0.25) is 0 Å². The first-order chi connectivity index (χ1) is 4.72. The monoisotopic (exact) mass is 146 g/mol. The Kier molecular flexibility index (Phi) is 2.01. The molecule has 0 radical (unpaired) electrons. The SMILES string of the molecule is NC(c1ccc[nH]1)C(F)F. The molecule has 56 valence electrons. The maximum absolute atomic E-state index is 11.8. The van der Waals surface area contributed by atoms with Crippen LogP contribution in [0, 0.1) is 0 Å². The molecule has 1 unspecified atom stereocenters. The second-order valence-electron chi connectivity index (χ2n) is 1.99. The van der Waals surface area contributed by atoms with Crippen molar-refractivity contribution < 1.29 is 8.78 Å². The molecule has 10 heavy (non-hydrogen) atoms. The van der Waals surface area contributed by atoms with Gasteiger partial charge >= 0.3 is 0 Å². The molecule has 0 saturated heterocycles. The molecule has 4 heteroatoms. The predicted octanol–water partition coefficient (Wildman–Crippen LogP) is 1.28. The molecule has 1 aromatic heterocycles. The van der Waals surface area contributed by atoms with Crippen LogP contribution in [0.3, 0.4) is 0 Å². The summed E-state index contributed by atoms with van der Waals surface area (Å²) >= 11 is 0. The van der Waals surface area contributed by atoms with Gasteiger partial charge in [0.1, 0.15) is 6.04 Å². The van der Waals surface area contributed by atoms with Gasteiger partial charge in [-0.2, -0.15) is 0 Å². The summed E-state index contributed by atoms with van der Waals surface area (Å²) in [5.74, 6) is 0. The molecule has 0 aromatic carbocycles. The van der Waals surface area contributed by atoms with Crippen LogP contribution in [0.5, 0.6) is 0 Å². The summed E-state index contributed by atoms with van der Waals surface area (Å²) in [5.41, 5.74) is 5.47. The Bertz CT molecular complexity index is 184. The highest BCUT2D eigenvalue weighted by Crippen LogP contribution is 2.14. The van der Waals surface area contributed by atoms with Crippen molar-refractivity contribution in [3.8, 4) is 0 Å². The van der Waals surface area contributed by atoms with E-state index < -0.39 is 12.5 Å². The second-order valence-corrected chi connectivity index (χ2v) is 1.99. The van der Waals surface area contributed by atoms with E-state index in [1.54, 1.807) is 12.3 Å². The molecule has 1 rings (SSSR count). The average Bonchev–Trinajstić information content (AvgIpc) is 2.36. The molecular formula is C6H8F2N2. The molecule has 1 aromatic rings. The molecule has 0 fully saturated rings. The van der Waals surface area contributed by atoms with E-state index in [-0.39, 0.29) is 0 Å². The average molecular weight is 146 g/mol. The summed E-state index contributed by atoms with van der Waals surface area (Å²) in [6.07, 6.45) is -0.934. The van der Waals surface area contributed by atoms with E-state index >= 15 is 0 Å². The fourth-order valence-corrected chi connectivity index (χ4v) is 0.687. The molecule has 0 amide bonds. The second kappa shape index (κ2) is 2.79. The minimum absolute atomic E-state index is 0.370. The minimum Gasteiger partial charge on any atom is -0.364 e. The zero-order valence-corrected chi connectivity index (χ0v) is 5.22. The number of hydrogen-bond donors (Lipinski definition) is 2. The van der Waals surface area contributed by atoms with Crippen molar-refractivity contribution in [2.75, 3.05) is 0 Å².